The molecule has 10 heteroatoms. The number of carbonyl (C=O) groups excluding carboxylic acids is 2. The fourth-order valence-electron chi connectivity index (χ4n) is 3.56. The van der Waals surface area contributed by atoms with Crippen LogP contribution in [0.5, 0.6) is 0 Å². The number of benzene rings is 1. The van der Waals surface area contributed by atoms with E-state index in [0.29, 0.717) is 3.57 Å². The van der Waals surface area contributed by atoms with Crippen molar-refractivity contribution in [2.45, 2.75) is 31.7 Å². The van der Waals surface area contributed by atoms with Crippen LogP contribution in [0.2, 0.25) is 0 Å². The van der Waals surface area contributed by atoms with Crippen molar-refractivity contribution >= 4 is 45.8 Å². The summed E-state index contributed by atoms with van der Waals surface area (Å²) in [5.41, 5.74) is 3.52. The van der Waals surface area contributed by atoms with Crippen LogP contribution < -0.4 is 16.6 Å². The van der Waals surface area contributed by atoms with E-state index in [1.165, 1.54) is 12.1 Å². The molecule has 1 atom stereocenters. The van der Waals surface area contributed by atoms with Crippen molar-refractivity contribution in [1.29, 1.82) is 0 Å². The number of carbonyl (C=O) groups is 2. The van der Waals surface area contributed by atoms with Crippen molar-refractivity contribution in [3.63, 3.8) is 0 Å². The zero-order chi connectivity index (χ0) is 21.6. The summed E-state index contributed by atoms with van der Waals surface area (Å²) in [5.74, 6) is -4.27. The van der Waals surface area contributed by atoms with E-state index in [0.717, 1.165) is 17.4 Å². The summed E-state index contributed by atoms with van der Waals surface area (Å²) in [4.78, 5) is 37.5. The van der Waals surface area contributed by atoms with Gasteiger partial charge in [0, 0.05) is 10.1 Å². The molecule has 0 spiro atoms. The number of nitrogens with zero attached hydrogens (tertiary/aromatic N) is 1. The number of rotatable bonds is 6. The third-order valence-electron chi connectivity index (χ3n) is 5.31. The molecule has 1 saturated carbocycles. The number of nitrogens with two attached hydrogens (primary N) is 1. The van der Waals surface area contributed by atoms with E-state index in [-0.39, 0.29) is 42.4 Å². The van der Waals surface area contributed by atoms with Crippen molar-refractivity contribution < 1.29 is 23.1 Å². The number of halogens is 3. The number of anilines is 2. The highest BCUT2D eigenvalue weighted by Gasteiger charge is 2.38. The quantitative estimate of drug-likeness (QED) is 0.443. The van der Waals surface area contributed by atoms with Crippen molar-refractivity contribution in [1.82, 2.24) is 4.57 Å². The summed E-state index contributed by atoms with van der Waals surface area (Å²) >= 11 is 1.92. The molecule has 1 aromatic heterocycles. The predicted octanol–water partition coefficient (Wildman–Crippen LogP) is 3.01. The minimum atomic E-state index is -1.25. The van der Waals surface area contributed by atoms with Crippen molar-refractivity contribution in [2.75, 3.05) is 11.9 Å². The lowest BCUT2D eigenvalue weighted by Gasteiger charge is -2.19. The number of pyridine rings is 1. The van der Waals surface area contributed by atoms with E-state index in [9.17, 15) is 18.8 Å². The zero-order valence-corrected chi connectivity index (χ0v) is 17.9. The van der Waals surface area contributed by atoms with E-state index in [1.807, 2.05) is 22.6 Å². The summed E-state index contributed by atoms with van der Waals surface area (Å²) in [7, 11) is 0. The fourth-order valence-corrected chi connectivity index (χ4v) is 4.02. The summed E-state index contributed by atoms with van der Waals surface area (Å²) in [6, 6.07) is 4.17. The average Bonchev–Trinajstić information content (AvgIpc) is 3.42. The zero-order valence-electron chi connectivity index (χ0n) is 15.7. The van der Waals surface area contributed by atoms with Gasteiger partial charge in [-0.3, -0.25) is 9.59 Å². The minimum Gasteiger partial charge on any atom is -0.462 e. The van der Waals surface area contributed by atoms with Crippen LogP contribution in [-0.2, 0) is 16.1 Å². The van der Waals surface area contributed by atoms with E-state index in [1.54, 1.807) is 6.07 Å². The van der Waals surface area contributed by atoms with Gasteiger partial charge in [0.15, 0.2) is 0 Å². The molecule has 7 nitrogen and oxygen atoms in total. The van der Waals surface area contributed by atoms with Crippen LogP contribution in [0, 0.1) is 21.1 Å². The largest absolute Gasteiger partial charge is 0.462 e. The van der Waals surface area contributed by atoms with Gasteiger partial charge in [-0.15, -0.1) is 0 Å². The Kier molecular flexibility index (Phi) is 5.51. The molecule has 4 rings (SSSR count). The fraction of sp³-hybridized carbons (Fsp3) is 0.350. The van der Waals surface area contributed by atoms with Gasteiger partial charge in [0.1, 0.15) is 11.4 Å². The monoisotopic (exact) mass is 529 g/mol. The van der Waals surface area contributed by atoms with Gasteiger partial charge in [-0.2, -0.15) is 4.39 Å². The van der Waals surface area contributed by atoms with Gasteiger partial charge in [0.05, 0.1) is 29.6 Å². The van der Waals surface area contributed by atoms with Gasteiger partial charge in [-0.1, -0.05) is 0 Å². The molecule has 1 aromatic carbocycles. The van der Waals surface area contributed by atoms with Crippen LogP contribution in [0.1, 0.15) is 41.2 Å². The second kappa shape index (κ2) is 7.97. The van der Waals surface area contributed by atoms with Crippen molar-refractivity contribution in [2.24, 2.45) is 11.7 Å². The molecule has 2 heterocycles. The Bertz CT molecular complexity index is 1110. The average molecular weight is 529 g/mol. The molecule has 1 aliphatic carbocycles. The normalized spacial score (nSPS) is 17.5. The van der Waals surface area contributed by atoms with Gasteiger partial charge in [-0.25, -0.2) is 9.18 Å². The number of esters is 1. The number of amides is 1. The topological polar surface area (TPSA) is 103 Å². The first-order valence-electron chi connectivity index (χ1n) is 9.42. The standard InChI is InChI=1S/C20H18F2IN3O4/c21-12-7-10(23)3-4-13(12)25-16-14(20(29)30-8-9-1-2-9)17-11(18(24)27)5-6-26(17)19(28)15(16)22/h3-4,7,9,11,25H,1-2,5-6,8H2,(H2,24,27). The lowest BCUT2D eigenvalue weighted by Crippen LogP contribution is -2.30. The molecule has 158 valence electrons. The maximum atomic E-state index is 15.1. The molecule has 30 heavy (non-hydrogen) atoms. The first-order valence-corrected chi connectivity index (χ1v) is 10.5. The Morgan fingerprint density at radius 3 is 2.63 bits per heavy atom. The molecule has 3 N–H and O–H groups in total. The molecule has 0 bridgehead atoms. The number of fused-ring (bicyclic) bond motifs is 1. The minimum absolute atomic E-state index is 0.00289. The number of nitrogens with one attached hydrogen (secondary N) is 1. The Balaban J connectivity index is 1.87. The van der Waals surface area contributed by atoms with E-state index >= 15 is 4.39 Å². The summed E-state index contributed by atoms with van der Waals surface area (Å²) in [6.45, 7) is 0.192. The lowest BCUT2D eigenvalue weighted by atomic mass is 9.98. The SMILES string of the molecule is NC(=O)C1CCn2c1c(C(=O)OCC1CC1)c(Nc1ccc(I)cc1F)c(F)c2=O. The van der Waals surface area contributed by atoms with Crippen molar-refractivity contribution in [3.05, 3.63) is 55.0 Å². The van der Waals surface area contributed by atoms with Crippen LogP contribution in [-0.4, -0.2) is 23.1 Å². The summed E-state index contributed by atoms with van der Waals surface area (Å²) in [5, 5.41) is 2.53. The van der Waals surface area contributed by atoms with E-state index < -0.39 is 40.7 Å². The highest BCUT2D eigenvalue weighted by Crippen LogP contribution is 2.37. The molecule has 1 amide bonds. The third kappa shape index (κ3) is 3.80. The van der Waals surface area contributed by atoms with Gasteiger partial charge in [0.2, 0.25) is 11.7 Å². The summed E-state index contributed by atoms with van der Waals surface area (Å²) < 4.78 is 36.4. The van der Waals surface area contributed by atoms with Crippen molar-refractivity contribution in [3.8, 4) is 0 Å². The molecule has 2 aromatic rings. The predicted molar refractivity (Wildman–Crippen MR) is 113 cm³/mol. The van der Waals surface area contributed by atoms with Crippen LogP contribution >= 0.6 is 22.6 Å². The number of hydrogen-bond donors (Lipinski definition) is 2. The maximum absolute atomic E-state index is 15.1. The first-order chi connectivity index (χ1) is 14.3. The molecule has 0 radical (unpaired) electrons. The second-order valence-corrected chi connectivity index (χ2v) is 8.69. The first kappa shape index (κ1) is 20.8. The smallest absolute Gasteiger partial charge is 0.342 e. The number of aromatic nitrogens is 1. The van der Waals surface area contributed by atoms with E-state index in [2.05, 4.69) is 5.32 Å². The lowest BCUT2D eigenvalue weighted by molar-refractivity contribution is -0.119. The Morgan fingerprint density at radius 2 is 2.00 bits per heavy atom. The molecule has 1 fully saturated rings. The Labute approximate surface area is 183 Å². The van der Waals surface area contributed by atoms with Crippen LogP contribution in [0.4, 0.5) is 20.2 Å². The highest BCUT2D eigenvalue weighted by molar-refractivity contribution is 14.1. The number of primary amides is 1. The number of ether oxygens (including phenoxy) is 1. The molecule has 1 unspecified atom stereocenters. The summed E-state index contributed by atoms with van der Waals surface area (Å²) in [6.07, 6.45) is 2.02. The Morgan fingerprint density at radius 1 is 1.27 bits per heavy atom. The molecular formula is C20H18F2IN3O4. The van der Waals surface area contributed by atoms with E-state index in [4.69, 9.17) is 10.5 Å². The third-order valence-corrected chi connectivity index (χ3v) is 5.98. The maximum Gasteiger partial charge on any atom is 0.342 e. The van der Waals surface area contributed by atoms with Gasteiger partial charge in [0.25, 0.3) is 5.56 Å². The second-order valence-electron chi connectivity index (χ2n) is 7.44. The van der Waals surface area contributed by atoms with Gasteiger partial charge >= 0.3 is 5.97 Å². The highest BCUT2D eigenvalue weighted by atomic mass is 127. The molecular weight excluding hydrogens is 511 g/mol. The van der Waals surface area contributed by atoms with Crippen LogP contribution in [0.15, 0.2) is 23.0 Å². The molecule has 0 saturated heterocycles. The number of hydrogen-bond acceptors (Lipinski definition) is 5. The van der Waals surface area contributed by atoms with Crippen LogP contribution in [0.25, 0.3) is 0 Å². The van der Waals surface area contributed by atoms with Crippen LogP contribution in [0.3, 0.4) is 0 Å². The van der Waals surface area contributed by atoms with Gasteiger partial charge in [-0.05, 0) is 66.0 Å². The van der Waals surface area contributed by atoms with Gasteiger partial charge < -0.3 is 20.4 Å². The molecule has 1 aliphatic heterocycles. The molecule has 2 aliphatic rings. The Hall–Kier alpha value is -2.50.